The van der Waals surface area contributed by atoms with Gasteiger partial charge >= 0.3 is 24.3 Å². The van der Waals surface area contributed by atoms with Crippen molar-refractivity contribution in [3.8, 4) is 0 Å². The molecule has 31 valence electrons. The Morgan fingerprint density at radius 2 is 1.80 bits per heavy atom. The third-order valence-corrected chi connectivity index (χ3v) is 0. The van der Waals surface area contributed by atoms with Crippen molar-refractivity contribution in [3.05, 3.63) is 0 Å². The average Bonchev–Trinajstić information content (AvgIpc) is 1.46. The molecule has 0 aromatic rings. The second-order valence-electron chi connectivity index (χ2n) is 0.316. The second kappa shape index (κ2) is 24.5. The van der Waals surface area contributed by atoms with Crippen LogP contribution in [0.1, 0.15) is 6.92 Å². The molecule has 0 bridgehead atoms. The van der Waals surface area contributed by atoms with E-state index >= 15 is 0 Å². The fourth-order valence-corrected chi connectivity index (χ4v) is 0. The molecule has 0 saturated heterocycles. The van der Waals surface area contributed by atoms with Gasteiger partial charge in [0.2, 0.25) is 0 Å². The molecule has 0 aromatic carbocycles. The predicted molar refractivity (Wildman–Crippen MR) is 13.4 cm³/mol. The van der Waals surface area contributed by atoms with Gasteiger partial charge < -0.3 is 5.11 Å². The molecule has 0 unspecified atom stereocenters. The zero-order chi connectivity index (χ0) is 4.71. The molecule has 0 aliphatic carbocycles. The van der Waals surface area contributed by atoms with Gasteiger partial charge in [-0.3, -0.25) is 0 Å². The van der Waals surface area contributed by atoms with Crippen molar-refractivity contribution < 1.29 is 29.4 Å². The first-order valence-electron chi connectivity index (χ1n) is 1.21. The third-order valence-electron chi connectivity index (χ3n) is 0. The summed E-state index contributed by atoms with van der Waals surface area (Å²) >= 11 is 0.194. The predicted octanol–water partition coefficient (Wildman–Crippen LogP) is -0.123. The van der Waals surface area contributed by atoms with E-state index in [2.05, 4.69) is 0 Å². The van der Waals surface area contributed by atoms with Crippen LogP contribution in [0.5, 0.6) is 0 Å². The van der Waals surface area contributed by atoms with E-state index in [0.29, 0.717) is 0 Å². The molecular weight excluding hydrogens is 237 g/mol. The summed E-state index contributed by atoms with van der Waals surface area (Å²) < 4.78 is 8.36. The molecule has 0 fully saturated rings. The summed E-state index contributed by atoms with van der Waals surface area (Å²) in [7, 11) is 0. The van der Waals surface area contributed by atoms with E-state index in [-0.39, 0.29) is 27.6 Å². The summed E-state index contributed by atoms with van der Waals surface area (Å²) in [5.74, 6) is 0. The number of rotatable bonds is 0. The van der Waals surface area contributed by atoms with E-state index in [1.807, 2.05) is 0 Å². The van der Waals surface area contributed by atoms with Gasteiger partial charge in [-0.05, 0) is 6.92 Å². The van der Waals surface area contributed by atoms with Gasteiger partial charge in [0.15, 0.2) is 0 Å². The van der Waals surface area contributed by atoms with Crippen molar-refractivity contribution in [2.75, 3.05) is 6.61 Å². The quantitative estimate of drug-likeness (QED) is 0.643. The van der Waals surface area contributed by atoms with Gasteiger partial charge in [0.05, 0.1) is 0 Å². The summed E-state index contributed by atoms with van der Waals surface area (Å²) in [6.07, 6.45) is 0. The van der Waals surface area contributed by atoms with E-state index in [0.717, 1.165) is 0 Å². The van der Waals surface area contributed by atoms with Crippen molar-refractivity contribution in [2.24, 2.45) is 0 Å². The molecule has 5 heavy (non-hydrogen) atoms. The van der Waals surface area contributed by atoms with Crippen LogP contribution in [0.3, 0.4) is 0 Å². The topological polar surface area (TPSA) is 37.3 Å². The van der Waals surface area contributed by atoms with Gasteiger partial charge in [0.1, 0.15) is 0 Å². The van der Waals surface area contributed by atoms with E-state index < -0.39 is 0 Å². The molecule has 3 heteroatoms. The van der Waals surface area contributed by atoms with Crippen molar-refractivity contribution >= 4 is 0 Å². The number of aliphatic hydroxyl groups excluding tert-OH is 1. The number of aliphatic hydroxyl groups is 1. The minimum absolute atomic E-state index is 0.194. The average molecular weight is 243 g/mol. The maximum absolute atomic E-state index is 8.36. The molecule has 0 radical (unpaired) electrons. The second-order valence-corrected chi connectivity index (χ2v) is 0.316. The van der Waals surface area contributed by atoms with Crippen LogP contribution in [0.25, 0.3) is 0 Å². The first-order chi connectivity index (χ1) is 2.41. The van der Waals surface area contributed by atoms with Crippen LogP contribution < -0.4 is 0 Å². The molecule has 2 nitrogen and oxygen atoms in total. The normalized spacial score (nSPS) is 4.20. The SMILES string of the molecule is CCO.[O]=[Ta]. The van der Waals surface area contributed by atoms with Crippen molar-refractivity contribution in [3.63, 3.8) is 0 Å². The Kier molecular flexibility index (Phi) is 44.5. The molecule has 1 N–H and O–H groups in total. The van der Waals surface area contributed by atoms with Gasteiger partial charge in [-0.15, -0.1) is 0 Å². The molecule has 0 spiro atoms. The maximum atomic E-state index is 8.36. The Labute approximate surface area is 43.4 Å². The Morgan fingerprint density at radius 1 is 1.80 bits per heavy atom. The zero-order valence-electron chi connectivity index (χ0n) is 3.01. The Morgan fingerprint density at radius 3 is 1.80 bits per heavy atom. The van der Waals surface area contributed by atoms with Crippen LogP contribution in [-0.2, 0) is 24.3 Å². The van der Waals surface area contributed by atoms with E-state index in [1.54, 1.807) is 6.92 Å². The Balaban J connectivity index is 0. The van der Waals surface area contributed by atoms with Gasteiger partial charge in [0.25, 0.3) is 0 Å². The van der Waals surface area contributed by atoms with Crippen molar-refractivity contribution in [1.29, 1.82) is 0 Å². The Hall–Kier alpha value is 0.500. The Bertz CT molecular complexity index is 11.6. The molecule has 0 atom stereocenters. The van der Waals surface area contributed by atoms with Gasteiger partial charge in [-0.25, -0.2) is 0 Å². The van der Waals surface area contributed by atoms with E-state index in [4.69, 9.17) is 8.36 Å². The van der Waals surface area contributed by atoms with Gasteiger partial charge in [-0.1, -0.05) is 0 Å². The van der Waals surface area contributed by atoms with Crippen LogP contribution in [-0.4, -0.2) is 11.7 Å². The van der Waals surface area contributed by atoms with Crippen molar-refractivity contribution in [1.82, 2.24) is 0 Å². The third kappa shape index (κ3) is 112. The molecule has 0 rings (SSSR count). The zero-order valence-corrected chi connectivity index (χ0v) is 6.22. The molecule has 0 heterocycles. The minimum atomic E-state index is 0.194. The van der Waals surface area contributed by atoms with Crippen LogP contribution >= 0.6 is 0 Å². The molecule has 0 aliphatic rings. The summed E-state index contributed by atoms with van der Waals surface area (Å²) in [5, 5.41) is 7.57. The standard InChI is InChI=1S/C2H6O.O.Ta/c1-2-3;;/h3H,2H2,1H3;;. The summed E-state index contributed by atoms with van der Waals surface area (Å²) in [6.45, 7) is 1.93. The molecule has 0 saturated carbocycles. The van der Waals surface area contributed by atoms with Crippen LogP contribution in [0.2, 0.25) is 0 Å². The van der Waals surface area contributed by atoms with E-state index in [1.165, 1.54) is 0 Å². The molecule has 0 amide bonds. The summed E-state index contributed by atoms with van der Waals surface area (Å²) in [6, 6.07) is 0. The number of hydrogen-bond acceptors (Lipinski definition) is 2. The van der Waals surface area contributed by atoms with Gasteiger partial charge in [0, 0.05) is 6.61 Å². The van der Waals surface area contributed by atoms with Crippen LogP contribution in [0.15, 0.2) is 0 Å². The van der Waals surface area contributed by atoms with Crippen LogP contribution in [0.4, 0.5) is 0 Å². The van der Waals surface area contributed by atoms with Crippen molar-refractivity contribution in [2.45, 2.75) is 6.92 Å². The van der Waals surface area contributed by atoms with Gasteiger partial charge in [-0.2, -0.15) is 0 Å². The van der Waals surface area contributed by atoms with Crippen LogP contribution in [0, 0.1) is 0 Å². The molecule has 0 aromatic heterocycles. The number of hydrogen-bond donors (Lipinski definition) is 1. The first kappa shape index (κ1) is 9.09. The molecular formula is C2H6O2Ta. The first-order valence-corrected chi connectivity index (χ1v) is 2.52. The summed E-state index contributed by atoms with van der Waals surface area (Å²) in [5.41, 5.74) is 0. The summed E-state index contributed by atoms with van der Waals surface area (Å²) in [4.78, 5) is 0. The monoisotopic (exact) mass is 243 g/mol. The fourth-order valence-electron chi connectivity index (χ4n) is 0. The molecule has 0 aliphatic heterocycles. The van der Waals surface area contributed by atoms with E-state index in [9.17, 15) is 0 Å². The fraction of sp³-hybridized carbons (Fsp3) is 1.00.